The number of rotatable bonds is 3. The van der Waals surface area contributed by atoms with E-state index in [1.54, 1.807) is 0 Å². The predicted octanol–water partition coefficient (Wildman–Crippen LogP) is 3.06. The molecule has 1 unspecified atom stereocenters. The van der Waals surface area contributed by atoms with Crippen LogP contribution < -0.4 is 0 Å². The Morgan fingerprint density at radius 2 is 2.00 bits per heavy atom. The third kappa shape index (κ3) is 2.16. The van der Waals surface area contributed by atoms with Crippen molar-refractivity contribution in [1.29, 1.82) is 0 Å². The van der Waals surface area contributed by atoms with Crippen molar-refractivity contribution < 1.29 is 5.11 Å². The lowest BCUT2D eigenvalue weighted by Crippen LogP contribution is -2.31. The van der Waals surface area contributed by atoms with Crippen LogP contribution in [-0.2, 0) is 13.5 Å². The minimum absolute atomic E-state index is 0.0820. The molecule has 1 aliphatic carbocycles. The smallest absolute Gasteiger partial charge is 0.0729 e. The van der Waals surface area contributed by atoms with E-state index in [2.05, 4.69) is 24.2 Å². The fourth-order valence-electron chi connectivity index (χ4n) is 3.38. The molecule has 1 N–H and O–H groups in total. The van der Waals surface area contributed by atoms with Crippen LogP contribution >= 0.6 is 0 Å². The number of hydrogen-bond donors (Lipinski definition) is 1. The van der Waals surface area contributed by atoms with E-state index < -0.39 is 0 Å². The van der Waals surface area contributed by atoms with Gasteiger partial charge in [0.1, 0.15) is 0 Å². The minimum atomic E-state index is -0.284. The number of hydrogen-bond acceptors (Lipinski definition) is 2. The number of fused-ring (bicyclic) bond motifs is 1. The van der Waals surface area contributed by atoms with Gasteiger partial charge in [0.25, 0.3) is 0 Å². The van der Waals surface area contributed by atoms with Gasteiger partial charge in [-0.15, -0.1) is 0 Å². The van der Waals surface area contributed by atoms with Crippen molar-refractivity contribution >= 4 is 10.9 Å². The molecule has 2 aromatic rings. The topological polar surface area (TPSA) is 38.0 Å². The molecule has 1 saturated carbocycles. The highest BCUT2D eigenvalue weighted by Gasteiger charge is 2.36. The van der Waals surface area contributed by atoms with Gasteiger partial charge in [-0.25, -0.2) is 0 Å². The van der Waals surface area contributed by atoms with Crippen LogP contribution in [-0.4, -0.2) is 21.0 Å². The fraction of sp³-hybridized carbons (Fsp3) is 0.562. The van der Waals surface area contributed by atoms with Gasteiger partial charge in [-0.3, -0.25) is 4.68 Å². The Hall–Kier alpha value is -1.35. The molecule has 0 aliphatic heterocycles. The molecule has 0 amide bonds. The largest absolute Gasteiger partial charge is 0.392 e. The summed E-state index contributed by atoms with van der Waals surface area (Å²) in [6, 6.07) is 8.25. The number of aliphatic hydroxyl groups is 1. The van der Waals surface area contributed by atoms with Gasteiger partial charge in [-0.05, 0) is 24.3 Å². The van der Waals surface area contributed by atoms with Crippen LogP contribution in [0.15, 0.2) is 24.3 Å². The Morgan fingerprint density at radius 3 is 2.74 bits per heavy atom. The van der Waals surface area contributed by atoms with Crippen LogP contribution in [0.1, 0.15) is 38.3 Å². The molecule has 1 fully saturated rings. The number of aromatic nitrogens is 2. The molecule has 0 spiro atoms. The zero-order valence-electron chi connectivity index (χ0n) is 11.8. The number of benzene rings is 1. The van der Waals surface area contributed by atoms with E-state index in [0.717, 1.165) is 24.1 Å². The van der Waals surface area contributed by atoms with Gasteiger partial charge in [0, 0.05) is 18.9 Å². The van der Waals surface area contributed by atoms with Crippen molar-refractivity contribution in [1.82, 2.24) is 9.78 Å². The van der Waals surface area contributed by atoms with Crippen molar-refractivity contribution in [3.8, 4) is 0 Å². The third-order valence-corrected chi connectivity index (χ3v) is 4.77. The van der Waals surface area contributed by atoms with Crippen LogP contribution in [0.3, 0.4) is 0 Å². The second-order valence-corrected chi connectivity index (χ2v) is 6.17. The van der Waals surface area contributed by atoms with Crippen molar-refractivity contribution in [3.63, 3.8) is 0 Å². The number of aliphatic hydroxyl groups excluding tert-OH is 1. The number of aryl methyl sites for hydroxylation is 1. The highest BCUT2D eigenvalue weighted by molar-refractivity contribution is 5.81. The summed E-state index contributed by atoms with van der Waals surface area (Å²) < 4.78 is 1.91. The van der Waals surface area contributed by atoms with Crippen LogP contribution in [0, 0.1) is 5.41 Å². The van der Waals surface area contributed by atoms with Gasteiger partial charge < -0.3 is 5.11 Å². The predicted molar refractivity (Wildman–Crippen MR) is 77.0 cm³/mol. The summed E-state index contributed by atoms with van der Waals surface area (Å²) >= 11 is 0. The average molecular weight is 258 g/mol. The lowest BCUT2D eigenvalue weighted by Gasteiger charge is -2.29. The van der Waals surface area contributed by atoms with Crippen molar-refractivity contribution in [2.45, 2.75) is 45.1 Å². The van der Waals surface area contributed by atoms with E-state index in [1.165, 1.54) is 18.2 Å². The van der Waals surface area contributed by atoms with E-state index in [9.17, 15) is 5.11 Å². The van der Waals surface area contributed by atoms with E-state index in [-0.39, 0.29) is 11.5 Å². The van der Waals surface area contributed by atoms with Crippen molar-refractivity contribution in [2.24, 2.45) is 12.5 Å². The highest BCUT2D eigenvalue weighted by atomic mass is 16.3. The lowest BCUT2D eigenvalue weighted by molar-refractivity contribution is 0.0418. The molecule has 0 radical (unpaired) electrons. The first-order chi connectivity index (χ1) is 9.10. The zero-order chi connectivity index (χ0) is 13.5. The summed E-state index contributed by atoms with van der Waals surface area (Å²) in [5.74, 6) is 0. The Kier molecular flexibility index (Phi) is 3.09. The van der Waals surface area contributed by atoms with Crippen LogP contribution in [0.2, 0.25) is 0 Å². The number of para-hydroxylation sites is 1. The molecule has 0 bridgehead atoms. The number of nitrogens with zero attached hydrogens (tertiary/aromatic N) is 2. The van der Waals surface area contributed by atoms with Crippen LogP contribution in [0.25, 0.3) is 10.9 Å². The average Bonchev–Trinajstić information content (AvgIpc) is 2.97. The molecule has 3 rings (SSSR count). The normalized spacial score (nSPS) is 19.9. The van der Waals surface area contributed by atoms with Gasteiger partial charge >= 0.3 is 0 Å². The molecule has 102 valence electrons. The fourth-order valence-corrected chi connectivity index (χ4v) is 3.38. The molecule has 0 saturated heterocycles. The molecule has 1 aromatic carbocycles. The van der Waals surface area contributed by atoms with Gasteiger partial charge in [-0.2, -0.15) is 5.10 Å². The van der Waals surface area contributed by atoms with E-state index in [1.807, 2.05) is 23.9 Å². The second-order valence-electron chi connectivity index (χ2n) is 6.17. The maximum absolute atomic E-state index is 10.6. The third-order valence-electron chi connectivity index (χ3n) is 4.77. The molecule has 19 heavy (non-hydrogen) atoms. The van der Waals surface area contributed by atoms with Crippen LogP contribution in [0.5, 0.6) is 0 Å². The quantitative estimate of drug-likeness (QED) is 0.919. The Morgan fingerprint density at radius 1 is 1.32 bits per heavy atom. The molecule has 1 atom stereocenters. The Balaban J connectivity index is 1.89. The monoisotopic (exact) mass is 258 g/mol. The lowest BCUT2D eigenvalue weighted by atomic mass is 9.80. The first kappa shape index (κ1) is 12.7. The van der Waals surface area contributed by atoms with Gasteiger partial charge in [0.15, 0.2) is 0 Å². The summed E-state index contributed by atoms with van der Waals surface area (Å²) in [4.78, 5) is 0. The van der Waals surface area contributed by atoms with Gasteiger partial charge in [0.2, 0.25) is 0 Å². The zero-order valence-corrected chi connectivity index (χ0v) is 11.8. The first-order valence-corrected chi connectivity index (χ1v) is 7.19. The summed E-state index contributed by atoms with van der Waals surface area (Å²) in [7, 11) is 1.97. The molecular weight excluding hydrogens is 236 g/mol. The maximum atomic E-state index is 10.6. The molecule has 3 heteroatoms. The highest BCUT2D eigenvalue weighted by Crippen LogP contribution is 2.41. The molecule has 1 aromatic heterocycles. The summed E-state index contributed by atoms with van der Waals surface area (Å²) in [5.41, 5.74) is 2.25. The van der Waals surface area contributed by atoms with Crippen molar-refractivity contribution in [2.75, 3.05) is 0 Å². The molecular formula is C16H22N2O. The molecule has 3 nitrogen and oxygen atoms in total. The maximum Gasteiger partial charge on any atom is 0.0729 e. The second kappa shape index (κ2) is 4.64. The van der Waals surface area contributed by atoms with Gasteiger partial charge in [-0.1, -0.05) is 38.0 Å². The summed E-state index contributed by atoms with van der Waals surface area (Å²) in [6.45, 7) is 2.22. The van der Waals surface area contributed by atoms with Crippen LogP contribution in [0.4, 0.5) is 0 Å². The van der Waals surface area contributed by atoms with E-state index >= 15 is 0 Å². The minimum Gasteiger partial charge on any atom is -0.392 e. The Bertz CT molecular complexity index is 581. The van der Waals surface area contributed by atoms with Gasteiger partial charge in [0.05, 0.1) is 17.3 Å². The van der Waals surface area contributed by atoms with E-state index in [4.69, 9.17) is 0 Å². The standard InChI is InChI=1S/C16H22N2O/c1-16(9-5-6-10-16)15(19)11-13-12-7-3-4-8-14(12)18(2)17-13/h3-4,7-8,15,19H,5-6,9-11H2,1-2H3. The molecule has 1 heterocycles. The van der Waals surface area contributed by atoms with Crippen molar-refractivity contribution in [3.05, 3.63) is 30.0 Å². The molecule has 1 aliphatic rings. The summed E-state index contributed by atoms with van der Waals surface area (Å²) in [6.07, 6.45) is 5.15. The summed E-state index contributed by atoms with van der Waals surface area (Å²) in [5, 5.41) is 16.3. The van der Waals surface area contributed by atoms with E-state index in [0.29, 0.717) is 6.42 Å². The SMILES string of the molecule is Cn1nc(CC(O)C2(C)CCCC2)c2ccccc21. The first-order valence-electron chi connectivity index (χ1n) is 7.19. The Labute approximate surface area is 114 Å².